The molecule has 170 valence electrons. The molecule has 0 saturated carbocycles. The van der Waals surface area contributed by atoms with E-state index in [0.717, 1.165) is 12.1 Å². The van der Waals surface area contributed by atoms with Gasteiger partial charge >= 0.3 is 6.36 Å². The summed E-state index contributed by atoms with van der Waals surface area (Å²) in [4.78, 5) is 3.73. The van der Waals surface area contributed by atoms with Crippen molar-refractivity contribution >= 4 is 27.0 Å². The summed E-state index contributed by atoms with van der Waals surface area (Å²) in [6.45, 7) is 0. The number of hydrogen-bond donors (Lipinski definition) is 1. The van der Waals surface area contributed by atoms with Crippen molar-refractivity contribution in [1.29, 1.82) is 0 Å². The van der Waals surface area contributed by atoms with Gasteiger partial charge in [0.05, 0.1) is 11.4 Å². The van der Waals surface area contributed by atoms with E-state index in [1.165, 1.54) is 35.6 Å². The minimum Gasteiger partial charge on any atom is -0.404 e. The molecule has 0 aliphatic heterocycles. The highest BCUT2D eigenvalue weighted by molar-refractivity contribution is 7.92. The number of rotatable bonds is 6. The number of hydrogen-bond acceptors (Lipinski definition) is 5. The van der Waals surface area contributed by atoms with Gasteiger partial charge < -0.3 is 4.74 Å². The molecule has 11 heteroatoms. The summed E-state index contributed by atoms with van der Waals surface area (Å²) in [5.41, 5.74) is 1.13. The van der Waals surface area contributed by atoms with E-state index in [1.54, 1.807) is 41.8 Å². The number of alkyl halides is 3. The van der Waals surface area contributed by atoms with Gasteiger partial charge in [-0.05, 0) is 30.3 Å². The molecule has 1 aromatic heterocycles. The molecule has 0 amide bonds. The summed E-state index contributed by atoms with van der Waals surface area (Å²) >= 11 is 1.17. The number of anilines is 1. The second-order valence-corrected chi connectivity index (χ2v) is 9.17. The zero-order valence-electron chi connectivity index (χ0n) is 16.5. The number of sulfonamides is 1. The largest absolute Gasteiger partial charge is 0.573 e. The monoisotopic (exact) mass is 494 g/mol. The molecule has 0 radical (unpaired) electrons. The van der Waals surface area contributed by atoms with Crippen molar-refractivity contribution in [2.75, 3.05) is 4.72 Å². The van der Waals surface area contributed by atoms with Crippen molar-refractivity contribution < 1.29 is 30.7 Å². The molecule has 33 heavy (non-hydrogen) atoms. The lowest BCUT2D eigenvalue weighted by molar-refractivity contribution is -0.275. The minimum absolute atomic E-state index is 0.0877. The molecule has 1 heterocycles. The first-order chi connectivity index (χ1) is 15.6. The fraction of sp³-hybridized carbons (Fsp3) is 0.0455. The van der Waals surface area contributed by atoms with Crippen LogP contribution in [0, 0.1) is 5.82 Å². The van der Waals surface area contributed by atoms with Crippen LogP contribution in [0.25, 0.3) is 21.8 Å². The van der Waals surface area contributed by atoms with E-state index in [2.05, 4.69) is 14.4 Å². The van der Waals surface area contributed by atoms with E-state index in [9.17, 15) is 26.0 Å². The summed E-state index contributed by atoms with van der Waals surface area (Å²) in [6, 6.07) is 16.8. The first-order valence-corrected chi connectivity index (χ1v) is 11.7. The molecule has 1 N–H and O–H groups in total. The van der Waals surface area contributed by atoms with Crippen LogP contribution in [-0.2, 0) is 10.0 Å². The number of thiazole rings is 1. The third kappa shape index (κ3) is 5.15. The van der Waals surface area contributed by atoms with E-state index in [-0.39, 0.29) is 5.69 Å². The van der Waals surface area contributed by atoms with Gasteiger partial charge in [-0.3, -0.25) is 4.72 Å². The van der Waals surface area contributed by atoms with Crippen LogP contribution in [0.15, 0.2) is 83.1 Å². The van der Waals surface area contributed by atoms with Crippen molar-refractivity contribution in [1.82, 2.24) is 4.98 Å². The Balaban J connectivity index is 1.70. The van der Waals surface area contributed by atoms with Gasteiger partial charge in [0.25, 0.3) is 10.0 Å². The topological polar surface area (TPSA) is 68.3 Å². The van der Waals surface area contributed by atoms with E-state index < -0.39 is 32.8 Å². The molecule has 0 aliphatic rings. The standard InChI is InChI=1S/C22H14F4N2O3S2/c23-16-9-3-1-7-14(16)21-27-18(13-32-21)15-8-2-4-10-17(15)28-33(29,30)20-12-6-5-11-19(20)31-22(24,25)26/h1-13,28H. The molecular formula is C22H14F4N2O3S2. The van der Waals surface area contributed by atoms with Gasteiger partial charge in [0.15, 0.2) is 0 Å². The molecule has 0 saturated heterocycles. The molecule has 0 spiro atoms. The van der Waals surface area contributed by atoms with Gasteiger partial charge in [-0.2, -0.15) is 0 Å². The number of nitrogens with one attached hydrogen (secondary N) is 1. The van der Waals surface area contributed by atoms with Crippen molar-refractivity contribution in [3.05, 3.63) is 84.0 Å². The maximum atomic E-state index is 14.1. The first-order valence-electron chi connectivity index (χ1n) is 9.31. The highest BCUT2D eigenvalue weighted by Gasteiger charge is 2.34. The summed E-state index contributed by atoms with van der Waals surface area (Å²) in [5.74, 6) is -1.31. The van der Waals surface area contributed by atoms with Crippen LogP contribution in [-0.4, -0.2) is 19.8 Å². The predicted octanol–water partition coefficient (Wildman–Crippen LogP) is 6.32. The quantitative estimate of drug-likeness (QED) is 0.319. The molecule has 0 aliphatic carbocycles. The van der Waals surface area contributed by atoms with Gasteiger partial charge in [-0.15, -0.1) is 24.5 Å². The van der Waals surface area contributed by atoms with Gasteiger partial charge in [0.1, 0.15) is 21.5 Å². The third-order valence-corrected chi connectivity index (χ3v) is 6.70. The lowest BCUT2D eigenvalue weighted by Crippen LogP contribution is -2.21. The molecule has 5 nitrogen and oxygen atoms in total. The van der Waals surface area contributed by atoms with Crippen LogP contribution in [0.1, 0.15) is 0 Å². The molecule has 3 aromatic carbocycles. The van der Waals surface area contributed by atoms with Gasteiger partial charge in [0.2, 0.25) is 0 Å². The van der Waals surface area contributed by atoms with Crippen molar-refractivity contribution in [2.24, 2.45) is 0 Å². The Morgan fingerprint density at radius 1 is 0.879 bits per heavy atom. The second-order valence-electron chi connectivity index (χ2n) is 6.66. The van der Waals surface area contributed by atoms with Crippen LogP contribution in [0.5, 0.6) is 5.75 Å². The zero-order chi connectivity index (χ0) is 23.6. The average molecular weight is 494 g/mol. The highest BCUT2D eigenvalue weighted by Crippen LogP contribution is 2.36. The average Bonchev–Trinajstić information content (AvgIpc) is 3.23. The minimum atomic E-state index is -5.06. The summed E-state index contributed by atoms with van der Waals surface area (Å²) in [5, 5.41) is 2.03. The number of aromatic nitrogens is 1. The second kappa shape index (κ2) is 8.83. The molecular weight excluding hydrogens is 480 g/mol. The van der Waals surface area contributed by atoms with Crippen LogP contribution >= 0.6 is 11.3 Å². The number of nitrogens with zero attached hydrogens (tertiary/aromatic N) is 1. The predicted molar refractivity (Wildman–Crippen MR) is 117 cm³/mol. The van der Waals surface area contributed by atoms with Crippen molar-refractivity contribution in [2.45, 2.75) is 11.3 Å². The van der Waals surface area contributed by atoms with Crippen LogP contribution in [0.3, 0.4) is 0 Å². The normalized spacial score (nSPS) is 11.9. The molecule has 4 rings (SSSR count). The van der Waals surface area contributed by atoms with Gasteiger partial charge in [-0.25, -0.2) is 17.8 Å². The fourth-order valence-corrected chi connectivity index (χ4v) is 5.09. The number of ether oxygens (including phenoxy) is 1. The summed E-state index contributed by atoms with van der Waals surface area (Å²) < 4.78 is 84.3. The van der Waals surface area contributed by atoms with Crippen molar-refractivity contribution in [3.8, 4) is 27.6 Å². The number of halogens is 4. The fourth-order valence-electron chi connectivity index (χ4n) is 3.03. The Morgan fingerprint density at radius 3 is 2.24 bits per heavy atom. The van der Waals surface area contributed by atoms with E-state index in [4.69, 9.17) is 0 Å². The Bertz CT molecular complexity index is 1400. The van der Waals surface area contributed by atoms with Crippen molar-refractivity contribution in [3.63, 3.8) is 0 Å². The Labute approximate surface area is 190 Å². The summed E-state index contributed by atoms with van der Waals surface area (Å²) in [6.07, 6.45) is -5.06. The Hall–Kier alpha value is -3.44. The zero-order valence-corrected chi connectivity index (χ0v) is 18.1. The Kier molecular flexibility index (Phi) is 6.09. The molecule has 0 unspecified atom stereocenters. The molecule has 0 atom stereocenters. The van der Waals surface area contributed by atoms with Crippen LogP contribution < -0.4 is 9.46 Å². The molecule has 0 bridgehead atoms. The SMILES string of the molecule is O=S(=O)(Nc1ccccc1-c1csc(-c2ccccc2F)n1)c1ccccc1OC(F)(F)F. The lowest BCUT2D eigenvalue weighted by Gasteiger charge is -2.15. The Morgan fingerprint density at radius 2 is 1.52 bits per heavy atom. The van der Waals surface area contributed by atoms with Gasteiger partial charge in [-0.1, -0.05) is 42.5 Å². The number of benzene rings is 3. The smallest absolute Gasteiger partial charge is 0.404 e. The van der Waals surface area contributed by atoms with E-state index in [1.807, 2.05) is 0 Å². The van der Waals surface area contributed by atoms with Crippen LogP contribution in [0.4, 0.5) is 23.2 Å². The molecule has 4 aromatic rings. The summed E-state index contributed by atoms with van der Waals surface area (Å²) in [7, 11) is -4.46. The van der Waals surface area contributed by atoms with Gasteiger partial charge in [0, 0.05) is 16.5 Å². The first kappa shape index (κ1) is 22.7. The number of para-hydroxylation sites is 2. The lowest BCUT2D eigenvalue weighted by atomic mass is 10.1. The van der Waals surface area contributed by atoms with E-state index >= 15 is 0 Å². The maximum Gasteiger partial charge on any atom is 0.573 e. The van der Waals surface area contributed by atoms with E-state index in [0.29, 0.717) is 21.8 Å². The maximum absolute atomic E-state index is 14.1. The van der Waals surface area contributed by atoms with Crippen LogP contribution in [0.2, 0.25) is 0 Å². The third-order valence-electron chi connectivity index (χ3n) is 4.42. The molecule has 0 fully saturated rings. The highest BCUT2D eigenvalue weighted by atomic mass is 32.2.